The van der Waals surface area contributed by atoms with Crippen molar-refractivity contribution in [3.63, 3.8) is 0 Å². The molecule has 3 aliphatic rings. The van der Waals surface area contributed by atoms with Crippen LogP contribution in [0.2, 0.25) is 0 Å². The monoisotopic (exact) mass is 937 g/mol. The van der Waals surface area contributed by atoms with E-state index in [1.165, 1.54) is 20.8 Å². The zero-order valence-electron chi connectivity index (χ0n) is 39.2. The number of hydrogen-bond acceptors (Lipinski definition) is 9. The number of carbonyl (C=O) groups is 2. The molecule has 3 aliphatic heterocycles. The summed E-state index contributed by atoms with van der Waals surface area (Å²) in [6.45, 7) is 36.8. The molecule has 1 unspecified atom stereocenters. The first kappa shape index (κ1) is 63.6. The van der Waals surface area contributed by atoms with Gasteiger partial charge in [0.15, 0.2) is 0 Å². The fourth-order valence-corrected chi connectivity index (χ4v) is 9.23. The van der Waals surface area contributed by atoms with Crippen molar-refractivity contribution in [1.29, 1.82) is 0 Å². The molecule has 3 fully saturated rings. The average Bonchev–Trinajstić information content (AvgIpc) is 3.20. The Labute approximate surface area is 380 Å². The molecular formula is C45H88N6O8S3. The SMILES string of the molecule is C.C=CS(=O)(=O)N1CCC(C(C)C)CC1.C=CS(=O)(=O)N1CCCC(C(C)C)C1.C=CS(=O)(=O)N1CCN(C(C)C)CC1.CC(C)C/C=C/C(N)=O.CC(C)CC/C=C/C(N)=O. The van der Waals surface area contributed by atoms with E-state index >= 15 is 0 Å². The fraction of sp³-hybridized carbons (Fsp3) is 0.733. The number of amides is 2. The average molecular weight is 937 g/mol. The second-order valence-electron chi connectivity index (χ2n) is 17.4. The van der Waals surface area contributed by atoms with Gasteiger partial charge < -0.3 is 11.5 Å². The number of piperazine rings is 1. The Morgan fingerprint density at radius 2 is 1.00 bits per heavy atom. The van der Waals surface area contributed by atoms with E-state index in [-0.39, 0.29) is 19.2 Å². The van der Waals surface area contributed by atoms with Gasteiger partial charge in [0.25, 0.3) is 0 Å². The van der Waals surface area contributed by atoms with E-state index in [1.807, 2.05) is 6.08 Å². The summed E-state index contributed by atoms with van der Waals surface area (Å²) in [5.74, 6) is 2.95. The Hall–Kier alpha value is -2.67. The molecule has 14 nitrogen and oxygen atoms in total. The minimum atomic E-state index is -3.20. The molecule has 1 atom stereocenters. The molecule has 3 saturated heterocycles. The van der Waals surface area contributed by atoms with Crippen LogP contribution in [0.1, 0.15) is 122 Å². The quantitative estimate of drug-likeness (QED) is 0.149. The lowest BCUT2D eigenvalue weighted by atomic mass is 9.87. The maximum Gasteiger partial charge on any atom is 0.241 e. The highest BCUT2D eigenvalue weighted by Gasteiger charge is 2.29. The van der Waals surface area contributed by atoms with Crippen molar-refractivity contribution in [2.24, 2.45) is 47.0 Å². The van der Waals surface area contributed by atoms with Crippen LogP contribution in [0.15, 0.2) is 60.3 Å². The van der Waals surface area contributed by atoms with E-state index in [2.05, 4.69) is 93.9 Å². The van der Waals surface area contributed by atoms with Crippen LogP contribution in [0, 0.1) is 35.5 Å². The molecule has 4 N–H and O–H groups in total. The molecule has 0 bridgehead atoms. The standard InChI is InChI=1S/2C10H19NO2S.C9H18N2O2S.C8H15NO.C7H13NO.CH4/c1-4-14(12,13)11-7-5-10(6-8-11)9(2)3;1-4-14(12,13)11-7-5-6-10(8-11)9(2)3;1-4-14(12,13)11-7-5-10(6-8-11)9(2)3;1-7(2)5-3-4-6-8(9)10;1-6(2)4-3-5-7(8)9;/h2*4,9-10H,1,5-8H2,2-3H3;4,9H,1,5-8H2,2-3H3;4,6-7H,3,5H2,1-2H3,(H2,9,10);3,5-6H,4H2,1-2H3,(H2,8,9);1H4/b;;;6-4+;5-3+;. The van der Waals surface area contributed by atoms with Crippen LogP contribution >= 0.6 is 0 Å². The van der Waals surface area contributed by atoms with Crippen molar-refractivity contribution in [2.45, 2.75) is 128 Å². The molecule has 62 heavy (non-hydrogen) atoms. The summed E-state index contributed by atoms with van der Waals surface area (Å²) in [5, 5.41) is 3.12. The molecule has 0 saturated carbocycles. The van der Waals surface area contributed by atoms with Gasteiger partial charge in [-0.25, -0.2) is 25.3 Å². The van der Waals surface area contributed by atoms with Crippen LogP contribution in [0.3, 0.4) is 0 Å². The molecule has 3 heterocycles. The molecule has 0 aromatic rings. The van der Waals surface area contributed by atoms with Crippen molar-refractivity contribution >= 4 is 41.9 Å². The number of allylic oxidation sites excluding steroid dienone is 2. The van der Waals surface area contributed by atoms with Gasteiger partial charge in [-0.2, -0.15) is 12.9 Å². The van der Waals surface area contributed by atoms with E-state index in [1.54, 1.807) is 10.4 Å². The van der Waals surface area contributed by atoms with E-state index in [4.69, 9.17) is 11.5 Å². The second kappa shape index (κ2) is 32.9. The maximum absolute atomic E-state index is 11.5. The summed E-state index contributed by atoms with van der Waals surface area (Å²) < 4.78 is 73.3. The first-order chi connectivity index (χ1) is 28.2. The third-order valence-corrected chi connectivity index (χ3v) is 15.1. The van der Waals surface area contributed by atoms with Crippen molar-refractivity contribution in [3.05, 3.63) is 60.3 Å². The number of primary amides is 2. The topological polar surface area (TPSA) is 202 Å². The van der Waals surface area contributed by atoms with E-state index in [0.717, 1.165) is 74.3 Å². The number of sulfonamides is 3. The lowest BCUT2D eigenvalue weighted by Gasteiger charge is -2.35. The number of hydrogen-bond donors (Lipinski definition) is 2. The van der Waals surface area contributed by atoms with Gasteiger partial charge >= 0.3 is 0 Å². The van der Waals surface area contributed by atoms with Crippen molar-refractivity contribution in [2.75, 3.05) is 52.4 Å². The largest absolute Gasteiger partial charge is 0.366 e. The molecule has 2 amide bonds. The Morgan fingerprint density at radius 3 is 1.37 bits per heavy atom. The molecule has 0 aromatic heterocycles. The van der Waals surface area contributed by atoms with Crippen molar-refractivity contribution in [1.82, 2.24) is 17.8 Å². The highest BCUT2D eigenvalue weighted by atomic mass is 32.2. The van der Waals surface area contributed by atoms with Gasteiger partial charge in [-0.05, 0) is 106 Å². The van der Waals surface area contributed by atoms with Crippen LogP contribution in [0.25, 0.3) is 0 Å². The van der Waals surface area contributed by atoms with E-state index in [9.17, 15) is 34.8 Å². The normalized spacial score (nSPS) is 18.7. The summed E-state index contributed by atoms with van der Waals surface area (Å²) in [6.07, 6.45) is 13.5. The third kappa shape index (κ3) is 28.9. The number of piperidine rings is 2. The first-order valence-corrected chi connectivity index (χ1v) is 26.2. The van der Waals surface area contributed by atoms with Crippen molar-refractivity contribution in [3.8, 4) is 0 Å². The lowest BCUT2D eigenvalue weighted by Crippen LogP contribution is -2.50. The predicted molar refractivity (Wildman–Crippen MR) is 261 cm³/mol. The molecule has 17 heteroatoms. The zero-order chi connectivity index (χ0) is 47.6. The van der Waals surface area contributed by atoms with Gasteiger partial charge in [0.2, 0.25) is 41.9 Å². The minimum absolute atomic E-state index is 0. The van der Waals surface area contributed by atoms with E-state index < -0.39 is 30.1 Å². The smallest absolute Gasteiger partial charge is 0.241 e. The van der Waals surface area contributed by atoms with Crippen LogP contribution in [-0.4, -0.2) is 113 Å². The summed E-state index contributed by atoms with van der Waals surface area (Å²) in [6, 6.07) is 0.489. The summed E-state index contributed by atoms with van der Waals surface area (Å²) in [5.41, 5.74) is 9.74. The van der Waals surface area contributed by atoms with Crippen LogP contribution in [-0.2, 0) is 39.7 Å². The van der Waals surface area contributed by atoms with Gasteiger partial charge in [0, 0.05) is 74.6 Å². The van der Waals surface area contributed by atoms with E-state index in [0.29, 0.717) is 80.8 Å². The van der Waals surface area contributed by atoms with Crippen LogP contribution in [0.4, 0.5) is 0 Å². The number of nitrogens with two attached hydrogens (primary N) is 2. The molecule has 0 spiro atoms. The highest BCUT2D eigenvalue weighted by molar-refractivity contribution is 7.92. The molecule has 3 rings (SSSR count). The first-order valence-electron chi connectivity index (χ1n) is 21.7. The fourth-order valence-electron chi connectivity index (χ4n) is 6.42. The molecule has 0 radical (unpaired) electrons. The van der Waals surface area contributed by atoms with Gasteiger partial charge in [0.05, 0.1) is 0 Å². The Balaban J connectivity index is -0.000000707. The van der Waals surface area contributed by atoms with Gasteiger partial charge in [-0.3, -0.25) is 14.5 Å². The highest BCUT2D eigenvalue weighted by Crippen LogP contribution is 2.26. The Bertz CT molecular complexity index is 1610. The second-order valence-corrected chi connectivity index (χ2v) is 23.0. The zero-order valence-corrected chi connectivity index (χ0v) is 41.7. The molecule has 364 valence electrons. The third-order valence-electron chi connectivity index (χ3n) is 10.6. The lowest BCUT2D eigenvalue weighted by molar-refractivity contribution is -0.114. The summed E-state index contributed by atoms with van der Waals surface area (Å²) in [7, 11) is -9.56. The summed E-state index contributed by atoms with van der Waals surface area (Å²) in [4.78, 5) is 22.6. The van der Waals surface area contributed by atoms with Crippen molar-refractivity contribution < 1.29 is 34.8 Å². The van der Waals surface area contributed by atoms with Crippen LogP contribution in [0.5, 0.6) is 0 Å². The van der Waals surface area contributed by atoms with Crippen LogP contribution < -0.4 is 11.5 Å². The molecular weight excluding hydrogens is 849 g/mol. The maximum atomic E-state index is 11.5. The predicted octanol–water partition coefficient (Wildman–Crippen LogP) is 7.32. The number of rotatable bonds is 16. The Morgan fingerprint density at radius 1 is 0.581 bits per heavy atom. The van der Waals surface area contributed by atoms with Gasteiger partial charge in [-0.15, -0.1) is 0 Å². The number of nitrogens with zero attached hydrogens (tertiary/aromatic N) is 4. The Kier molecular flexibility index (Phi) is 33.8. The number of carbonyl (C=O) groups excluding carboxylic acids is 2. The molecule has 0 aliphatic carbocycles. The van der Waals surface area contributed by atoms with Gasteiger partial charge in [0.1, 0.15) is 0 Å². The van der Waals surface area contributed by atoms with Gasteiger partial charge in [-0.1, -0.05) is 94.7 Å². The minimum Gasteiger partial charge on any atom is -0.366 e. The molecule has 0 aromatic carbocycles. The summed E-state index contributed by atoms with van der Waals surface area (Å²) >= 11 is 0.